The molecule has 0 N–H and O–H groups in total. The lowest BCUT2D eigenvalue weighted by Gasteiger charge is -2.03. The molecule has 0 aliphatic heterocycles. The van der Waals surface area contributed by atoms with E-state index in [0.29, 0.717) is 0 Å². The normalized spacial score (nSPS) is 9.83. The van der Waals surface area contributed by atoms with Crippen molar-refractivity contribution in [3.05, 3.63) is 12.3 Å². The Morgan fingerprint density at radius 3 is 2.25 bits per heavy atom. The molecule has 0 spiro atoms. The molecule has 0 aromatic carbocycles. The van der Waals surface area contributed by atoms with Gasteiger partial charge in [-0.05, 0) is 13.3 Å². The first-order valence-electron chi connectivity index (χ1n) is 5.05. The van der Waals surface area contributed by atoms with Gasteiger partial charge in [0.25, 0.3) is 0 Å². The average Bonchev–Trinajstić information content (AvgIpc) is 2.02. The van der Waals surface area contributed by atoms with Crippen LogP contribution in [0.25, 0.3) is 0 Å². The van der Waals surface area contributed by atoms with Crippen molar-refractivity contribution >= 4 is 0 Å². The Morgan fingerprint density at radius 1 is 1.08 bits per heavy atom. The monoisotopic (exact) mass is 170 g/mol. The van der Waals surface area contributed by atoms with Crippen molar-refractivity contribution in [1.82, 2.24) is 0 Å². The number of hydrogen-bond acceptors (Lipinski definition) is 1. The first-order chi connectivity index (χ1) is 5.77. The van der Waals surface area contributed by atoms with E-state index < -0.39 is 0 Å². The maximum Gasteiger partial charge on any atom is 0.0876 e. The van der Waals surface area contributed by atoms with Crippen LogP contribution in [0, 0.1) is 0 Å². The molecular formula is C11H22O. The lowest BCUT2D eigenvalue weighted by molar-refractivity contribution is 0.208. The summed E-state index contributed by atoms with van der Waals surface area (Å²) >= 11 is 0. The first-order valence-corrected chi connectivity index (χ1v) is 5.05. The molecular weight excluding hydrogens is 148 g/mol. The van der Waals surface area contributed by atoms with Crippen LogP contribution in [0.2, 0.25) is 0 Å². The minimum atomic E-state index is 0.837. The Hall–Kier alpha value is -0.460. The smallest absolute Gasteiger partial charge is 0.0876 e. The van der Waals surface area contributed by atoms with Gasteiger partial charge >= 0.3 is 0 Å². The van der Waals surface area contributed by atoms with E-state index in [-0.39, 0.29) is 0 Å². The Labute approximate surface area is 76.8 Å². The van der Waals surface area contributed by atoms with Crippen LogP contribution in [-0.4, -0.2) is 6.61 Å². The molecule has 0 amide bonds. The highest BCUT2D eigenvalue weighted by Gasteiger charge is 1.90. The molecule has 0 aliphatic rings. The summed E-state index contributed by atoms with van der Waals surface area (Å²) in [5, 5.41) is 0. The van der Waals surface area contributed by atoms with E-state index >= 15 is 0 Å². The Morgan fingerprint density at radius 2 is 1.67 bits per heavy atom. The number of hydrogen-bond donors (Lipinski definition) is 0. The van der Waals surface area contributed by atoms with Crippen molar-refractivity contribution in [3.63, 3.8) is 0 Å². The third-order valence-electron chi connectivity index (χ3n) is 1.85. The van der Waals surface area contributed by atoms with Crippen LogP contribution in [0.1, 0.15) is 52.4 Å². The van der Waals surface area contributed by atoms with Gasteiger partial charge in [-0.2, -0.15) is 0 Å². The zero-order valence-corrected chi connectivity index (χ0v) is 8.57. The minimum Gasteiger partial charge on any atom is -0.499 e. The van der Waals surface area contributed by atoms with Crippen LogP contribution in [0.4, 0.5) is 0 Å². The predicted molar refractivity (Wildman–Crippen MR) is 54.1 cm³/mol. The Bertz CT molecular complexity index is 108. The second kappa shape index (κ2) is 8.63. The zero-order chi connectivity index (χ0) is 9.23. The van der Waals surface area contributed by atoms with Crippen LogP contribution < -0.4 is 0 Å². The van der Waals surface area contributed by atoms with Gasteiger partial charge in [0.2, 0.25) is 0 Å². The van der Waals surface area contributed by atoms with E-state index in [1.165, 1.54) is 38.5 Å². The topological polar surface area (TPSA) is 9.23 Å². The molecule has 1 nitrogen and oxygen atoms in total. The predicted octanol–water partition coefficient (Wildman–Crippen LogP) is 3.90. The van der Waals surface area contributed by atoms with E-state index in [9.17, 15) is 0 Å². The van der Waals surface area contributed by atoms with Crippen molar-refractivity contribution in [2.45, 2.75) is 52.4 Å². The number of allylic oxidation sites excluding steroid dienone is 1. The molecule has 0 rings (SSSR count). The van der Waals surface area contributed by atoms with Crippen LogP contribution >= 0.6 is 0 Å². The molecule has 12 heavy (non-hydrogen) atoms. The van der Waals surface area contributed by atoms with Gasteiger partial charge in [0.05, 0.1) is 12.4 Å². The first kappa shape index (κ1) is 11.5. The van der Waals surface area contributed by atoms with Gasteiger partial charge in [-0.3, -0.25) is 0 Å². The zero-order valence-electron chi connectivity index (χ0n) is 8.57. The summed E-state index contributed by atoms with van der Waals surface area (Å²) in [5.74, 6) is 0.837. The average molecular weight is 170 g/mol. The SMILES string of the molecule is C=C(C)OCCCCCCCC. The highest BCUT2D eigenvalue weighted by Crippen LogP contribution is 2.05. The number of ether oxygens (including phenoxy) is 1. The maximum absolute atomic E-state index is 5.25. The van der Waals surface area contributed by atoms with Crippen molar-refractivity contribution in [1.29, 1.82) is 0 Å². The third kappa shape index (κ3) is 9.54. The lowest BCUT2D eigenvalue weighted by Crippen LogP contribution is -1.91. The molecule has 0 unspecified atom stereocenters. The van der Waals surface area contributed by atoms with E-state index in [0.717, 1.165) is 12.4 Å². The van der Waals surface area contributed by atoms with Gasteiger partial charge in [-0.1, -0.05) is 45.6 Å². The molecule has 0 heterocycles. The molecule has 0 atom stereocenters. The number of rotatable bonds is 8. The second-order valence-electron chi connectivity index (χ2n) is 3.32. The second-order valence-corrected chi connectivity index (χ2v) is 3.32. The van der Waals surface area contributed by atoms with Gasteiger partial charge in [0.1, 0.15) is 0 Å². The summed E-state index contributed by atoms with van der Waals surface area (Å²) in [6, 6.07) is 0. The minimum absolute atomic E-state index is 0.837. The van der Waals surface area contributed by atoms with Gasteiger partial charge < -0.3 is 4.74 Å². The molecule has 0 aromatic rings. The van der Waals surface area contributed by atoms with Gasteiger partial charge in [-0.25, -0.2) is 0 Å². The highest BCUT2D eigenvalue weighted by atomic mass is 16.5. The summed E-state index contributed by atoms with van der Waals surface area (Å²) in [7, 11) is 0. The largest absolute Gasteiger partial charge is 0.499 e. The van der Waals surface area contributed by atoms with E-state index in [1.54, 1.807) is 0 Å². The fourth-order valence-electron chi connectivity index (χ4n) is 1.13. The van der Waals surface area contributed by atoms with E-state index in [2.05, 4.69) is 13.5 Å². The van der Waals surface area contributed by atoms with Gasteiger partial charge in [0.15, 0.2) is 0 Å². The van der Waals surface area contributed by atoms with E-state index in [4.69, 9.17) is 4.74 Å². The quantitative estimate of drug-likeness (QED) is 0.396. The molecule has 0 aliphatic carbocycles. The van der Waals surface area contributed by atoms with Crippen LogP contribution in [0.3, 0.4) is 0 Å². The molecule has 0 saturated heterocycles. The van der Waals surface area contributed by atoms with Crippen molar-refractivity contribution in [2.24, 2.45) is 0 Å². The summed E-state index contributed by atoms with van der Waals surface area (Å²) < 4.78 is 5.25. The van der Waals surface area contributed by atoms with Crippen molar-refractivity contribution in [3.8, 4) is 0 Å². The third-order valence-corrected chi connectivity index (χ3v) is 1.85. The van der Waals surface area contributed by atoms with Gasteiger partial charge in [-0.15, -0.1) is 0 Å². The Balaban J connectivity index is 2.86. The summed E-state index contributed by atoms with van der Waals surface area (Å²) in [6.45, 7) is 8.67. The van der Waals surface area contributed by atoms with Gasteiger partial charge in [0, 0.05) is 0 Å². The molecule has 0 bridgehead atoms. The number of unbranched alkanes of at least 4 members (excludes halogenated alkanes) is 5. The van der Waals surface area contributed by atoms with E-state index in [1.807, 2.05) is 6.92 Å². The fraction of sp³-hybridized carbons (Fsp3) is 0.818. The standard InChI is InChI=1S/C11H22O/c1-4-5-6-7-8-9-10-12-11(2)3/h2,4-10H2,1,3H3. The van der Waals surface area contributed by atoms with Crippen molar-refractivity contribution in [2.75, 3.05) is 6.61 Å². The summed E-state index contributed by atoms with van der Waals surface area (Å²) in [6.07, 6.45) is 7.91. The Kier molecular flexibility index (Phi) is 8.30. The fourth-order valence-corrected chi connectivity index (χ4v) is 1.13. The van der Waals surface area contributed by atoms with Crippen LogP contribution in [-0.2, 0) is 4.74 Å². The maximum atomic E-state index is 5.25. The molecule has 0 fully saturated rings. The van der Waals surface area contributed by atoms with Crippen LogP contribution in [0.15, 0.2) is 12.3 Å². The summed E-state index contributed by atoms with van der Waals surface area (Å²) in [4.78, 5) is 0. The lowest BCUT2D eigenvalue weighted by atomic mass is 10.1. The van der Waals surface area contributed by atoms with Crippen LogP contribution in [0.5, 0.6) is 0 Å². The molecule has 72 valence electrons. The highest BCUT2D eigenvalue weighted by molar-refractivity contribution is 4.73. The molecule has 0 saturated carbocycles. The molecule has 0 radical (unpaired) electrons. The molecule has 1 heteroatoms. The summed E-state index contributed by atoms with van der Waals surface area (Å²) in [5.41, 5.74) is 0. The molecule has 0 aromatic heterocycles. The van der Waals surface area contributed by atoms with Crippen molar-refractivity contribution < 1.29 is 4.74 Å².